The molecule has 4 nitrogen and oxygen atoms in total. The fourth-order valence-electron chi connectivity index (χ4n) is 2.17. The van der Waals surface area contributed by atoms with Crippen molar-refractivity contribution < 1.29 is 13.9 Å². The number of benzene rings is 1. The number of hydrazine groups is 1. The highest BCUT2D eigenvalue weighted by Gasteiger charge is 2.36. The molecule has 0 N–H and O–H groups in total. The average molecular weight is 324 g/mol. The van der Waals surface area contributed by atoms with Crippen LogP contribution in [0.2, 0.25) is 0 Å². The number of hydrogen-bond donors (Lipinski definition) is 0. The van der Waals surface area contributed by atoms with Crippen LogP contribution in [0.3, 0.4) is 0 Å². The van der Waals surface area contributed by atoms with E-state index in [0.717, 1.165) is 5.56 Å². The maximum absolute atomic E-state index is 12.9. The summed E-state index contributed by atoms with van der Waals surface area (Å²) >= 11 is 6.56. The van der Waals surface area contributed by atoms with Crippen LogP contribution in [0.4, 0.5) is 4.39 Å². The zero-order valence-corrected chi connectivity index (χ0v) is 12.8. The largest absolute Gasteiger partial charge is 0.379 e. The minimum absolute atomic E-state index is 0.128. The van der Waals surface area contributed by atoms with Gasteiger partial charge in [-0.2, -0.15) is 0 Å². The van der Waals surface area contributed by atoms with Crippen LogP contribution in [0.25, 0.3) is 6.08 Å². The predicted octanol–water partition coefficient (Wildman–Crippen LogP) is 2.27. The first kappa shape index (κ1) is 14.6. The lowest BCUT2D eigenvalue weighted by Gasteiger charge is -2.33. The third-order valence-corrected chi connectivity index (χ3v) is 4.49. The van der Waals surface area contributed by atoms with Crippen molar-refractivity contribution in [3.05, 3.63) is 40.6 Å². The number of nitrogens with zero attached hydrogens (tertiary/aromatic N) is 2. The highest BCUT2D eigenvalue weighted by Crippen LogP contribution is 2.33. The summed E-state index contributed by atoms with van der Waals surface area (Å²) in [5.41, 5.74) is 0.777. The van der Waals surface area contributed by atoms with Crippen LogP contribution >= 0.6 is 24.0 Å². The van der Waals surface area contributed by atoms with Gasteiger partial charge in [0.05, 0.1) is 18.1 Å². The Morgan fingerprint density at radius 2 is 1.90 bits per heavy atom. The van der Waals surface area contributed by atoms with Gasteiger partial charge in [-0.1, -0.05) is 36.1 Å². The molecule has 0 spiro atoms. The minimum atomic E-state index is -0.298. The van der Waals surface area contributed by atoms with E-state index in [4.69, 9.17) is 17.0 Å². The lowest BCUT2D eigenvalue weighted by atomic mass is 10.2. The van der Waals surface area contributed by atoms with E-state index in [1.165, 1.54) is 28.9 Å². The van der Waals surface area contributed by atoms with Crippen molar-refractivity contribution in [1.82, 2.24) is 10.0 Å². The van der Waals surface area contributed by atoms with Gasteiger partial charge in [-0.15, -0.1) is 0 Å². The van der Waals surface area contributed by atoms with Crippen LogP contribution in [-0.2, 0) is 9.53 Å². The molecule has 0 bridgehead atoms. The van der Waals surface area contributed by atoms with Crippen molar-refractivity contribution >= 4 is 40.3 Å². The lowest BCUT2D eigenvalue weighted by molar-refractivity contribution is -0.138. The van der Waals surface area contributed by atoms with Crippen LogP contribution in [0.5, 0.6) is 0 Å². The molecule has 2 aliphatic rings. The summed E-state index contributed by atoms with van der Waals surface area (Å²) in [5.74, 6) is -0.427. The SMILES string of the molecule is O=C1/C(=C\c2ccc(F)cc2)SC(=S)N1N1CCOCC1. The third kappa shape index (κ3) is 3.16. The van der Waals surface area contributed by atoms with E-state index in [-0.39, 0.29) is 11.7 Å². The number of hydrogen-bond acceptors (Lipinski definition) is 5. The van der Waals surface area contributed by atoms with Crippen LogP contribution in [0.1, 0.15) is 5.56 Å². The number of carbonyl (C=O) groups excluding carboxylic acids is 1. The summed E-state index contributed by atoms with van der Waals surface area (Å²) in [6.45, 7) is 2.48. The molecule has 1 aromatic carbocycles. The molecule has 0 aromatic heterocycles. The van der Waals surface area contributed by atoms with E-state index in [9.17, 15) is 9.18 Å². The maximum atomic E-state index is 12.9. The van der Waals surface area contributed by atoms with Gasteiger partial charge >= 0.3 is 0 Å². The number of carbonyl (C=O) groups is 1. The second-order valence-corrected chi connectivity index (χ2v) is 6.29. The molecule has 0 aliphatic carbocycles. The van der Waals surface area contributed by atoms with E-state index in [0.29, 0.717) is 35.5 Å². The number of ether oxygens (including phenoxy) is 1. The molecule has 0 atom stereocenters. The van der Waals surface area contributed by atoms with Gasteiger partial charge in [-0.05, 0) is 23.8 Å². The second kappa shape index (κ2) is 6.23. The van der Waals surface area contributed by atoms with Crippen molar-refractivity contribution in [2.45, 2.75) is 0 Å². The Labute approximate surface area is 131 Å². The third-order valence-electron chi connectivity index (χ3n) is 3.21. The molecule has 0 unspecified atom stereocenters. The molecule has 2 fully saturated rings. The van der Waals surface area contributed by atoms with E-state index in [2.05, 4.69) is 0 Å². The van der Waals surface area contributed by atoms with Gasteiger partial charge in [0.1, 0.15) is 5.82 Å². The predicted molar refractivity (Wildman–Crippen MR) is 83.8 cm³/mol. The van der Waals surface area contributed by atoms with E-state index < -0.39 is 0 Å². The molecule has 2 heterocycles. The van der Waals surface area contributed by atoms with Gasteiger partial charge in [-0.3, -0.25) is 4.79 Å². The minimum Gasteiger partial charge on any atom is -0.379 e. The molecule has 21 heavy (non-hydrogen) atoms. The van der Waals surface area contributed by atoms with Gasteiger partial charge in [0.2, 0.25) is 0 Å². The maximum Gasteiger partial charge on any atom is 0.280 e. The van der Waals surface area contributed by atoms with Crippen molar-refractivity contribution in [3.63, 3.8) is 0 Å². The molecule has 1 aromatic rings. The molecule has 110 valence electrons. The summed E-state index contributed by atoms with van der Waals surface area (Å²) in [5, 5.41) is 3.45. The highest BCUT2D eigenvalue weighted by molar-refractivity contribution is 8.26. The Morgan fingerprint density at radius 3 is 2.57 bits per heavy atom. The van der Waals surface area contributed by atoms with Crippen LogP contribution in [0, 0.1) is 5.82 Å². The summed E-state index contributed by atoms with van der Waals surface area (Å²) in [6, 6.07) is 6.01. The van der Waals surface area contributed by atoms with Gasteiger partial charge in [0, 0.05) is 13.1 Å². The monoisotopic (exact) mass is 324 g/mol. The molecule has 0 radical (unpaired) electrons. The lowest BCUT2D eigenvalue weighted by Crippen LogP contribution is -2.50. The van der Waals surface area contributed by atoms with E-state index in [1.54, 1.807) is 18.2 Å². The normalized spacial score (nSPS) is 22.3. The molecule has 7 heteroatoms. The fourth-order valence-corrected chi connectivity index (χ4v) is 3.48. The quantitative estimate of drug-likeness (QED) is 0.616. The zero-order valence-electron chi connectivity index (χ0n) is 11.1. The van der Waals surface area contributed by atoms with E-state index in [1.807, 2.05) is 5.01 Å². The first-order valence-electron chi connectivity index (χ1n) is 6.51. The summed E-state index contributed by atoms with van der Waals surface area (Å²) in [7, 11) is 0. The van der Waals surface area contributed by atoms with Crippen molar-refractivity contribution in [2.75, 3.05) is 26.3 Å². The number of morpholine rings is 1. The van der Waals surface area contributed by atoms with Crippen molar-refractivity contribution in [2.24, 2.45) is 0 Å². The number of rotatable bonds is 2. The summed E-state index contributed by atoms with van der Waals surface area (Å²) in [6.07, 6.45) is 1.74. The standard InChI is InChI=1S/C14H13FN2O2S2/c15-11-3-1-10(2-4-11)9-12-13(18)17(14(20)21-12)16-5-7-19-8-6-16/h1-4,9H,5-8H2/b12-9+. The van der Waals surface area contributed by atoms with E-state index >= 15 is 0 Å². The van der Waals surface area contributed by atoms with Crippen LogP contribution < -0.4 is 0 Å². The summed E-state index contributed by atoms with van der Waals surface area (Å²) in [4.78, 5) is 13.0. The van der Waals surface area contributed by atoms with Gasteiger partial charge in [-0.25, -0.2) is 14.4 Å². The fraction of sp³-hybridized carbons (Fsp3) is 0.286. The number of thioether (sulfide) groups is 1. The molecule has 0 saturated carbocycles. The molecular formula is C14H13FN2O2S2. The summed E-state index contributed by atoms with van der Waals surface area (Å²) < 4.78 is 18.7. The van der Waals surface area contributed by atoms with Gasteiger partial charge < -0.3 is 4.74 Å². The Bertz CT molecular complexity index is 597. The molecule has 2 saturated heterocycles. The molecule has 1 amide bonds. The first-order chi connectivity index (χ1) is 10.1. The highest BCUT2D eigenvalue weighted by atomic mass is 32.2. The van der Waals surface area contributed by atoms with Crippen molar-refractivity contribution in [3.8, 4) is 0 Å². The van der Waals surface area contributed by atoms with Crippen LogP contribution in [0.15, 0.2) is 29.2 Å². The Morgan fingerprint density at radius 1 is 1.24 bits per heavy atom. The zero-order chi connectivity index (χ0) is 14.8. The Balaban J connectivity index is 1.80. The van der Waals surface area contributed by atoms with Gasteiger partial charge in [0.15, 0.2) is 4.32 Å². The number of halogens is 1. The Kier molecular flexibility index (Phi) is 4.34. The van der Waals surface area contributed by atoms with Gasteiger partial charge in [0.25, 0.3) is 5.91 Å². The Hall–Kier alpha value is -1.28. The first-order valence-corrected chi connectivity index (χ1v) is 7.74. The average Bonchev–Trinajstić information content (AvgIpc) is 2.77. The number of amides is 1. The smallest absolute Gasteiger partial charge is 0.280 e. The molecular weight excluding hydrogens is 311 g/mol. The number of thiocarbonyl (C=S) groups is 1. The van der Waals surface area contributed by atoms with Crippen molar-refractivity contribution in [1.29, 1.82) is 0 Å². The van der Waals surface area contributed by atoms with Crippen LogP contribution in [-0.4, -0.2) is 46.5 Å². The molecule has 2 aliphatic heterocycles. The second-order valence-electron chi connectivity index (χ2n) is 4.61. The molecule has 3 rings (SSSR count). The topological polar surface area (TPSA) is 32.8 Å².